The predicted octanol–water partition coefficient (Wildman–Crippen LogP) is 4.81. The molecule has 0 amide bonds. The molecule has 0 saturated carbocycles. The molecule has 0 aromatic heterocycles. The molecule has 2 aromatic rings. The fraction of sp³-hybridized carbons (Fsp3) is 0.294. The van der Waals surface area contributed by atoms with E-state index in [1.54, 1.807) is 24.3 Å². The van der Waals surface area contributed by atoms with Gasteiger partial charge in [0.1, 0.15) is 11.5 Å². The molecule has 0 aliphatic heterocycles. The first-order valence-corrected chi connectivity index (χ1v) is 8.32. The number of hydrogen-bond acceptors (Lipinski definition) is 2. The van der Waals surface area contributed by atoms with E-state index in [0.29, 0.717) is 23.3 Å². The van der Waals surface area contributed by atoms with Gasteiger partial charge in [-0.05, 0) is 53.6 Å². The number of aromatic hydroxyl groups is 2. The van der Waals surface area contributed by atoms with Crippen molar-refractivity contribution in [2.24, 2.45) is 0 Å². The fourth-order valence-corrected chi connectivity index (χ4v) is 3.75. The molecule has 0 aliphatic carbocycles. The lowest BCUT2D eigenvalue weighted by atomic mass is 9.81. The number of phenolic OH excluding ortho intramolecular Hbond substituents is 2. The van der Waals surface area contributed by atoms with Crippen LogP contribution in [0.25, 0.3) is 0 Å². The van der Waals surface area contributed by atoms with Crippen LogP contribution in [-0.4, -0.2) is 14.6 Å². The van der Waals surface area contributed by atoms with Crippen molar-refractivity contribution in [2.75, 3.05) is 4.43 Å². The minimum atomic E-state index is 0.304. The second kappa shape index (κ2) is 6.97. The minimum Gasteiger partial charge on any atom is -0.508 e. The van der Waals surface area contributed by atoms with Crippen molar-refractivity contribution < 1.29 is 10.2 Å². The lowest BCUT2D eigenvalue weighted by molar-refractivity contribution is 0.472. The smallest absolute Gasteiger partial charge is 0.115 e. The molecule has 0 bridgehead atoms. The van der Waals surface area contributed by atoms with E-state index in [4.69, 9.17) is 0 Å². The number of alkyl halides is 1. The van der Waals surface area contributed by atoms with Gasteiger partial charge in [-0.2, -0.15) is 0 Å². The molecule has 2 aromatic carbocycles. The van der Waals surface area contributed by atoms with Crippen LogP contribution < -0.4 is 0 Å². The highest BCUT2D eigenvalue weighted by Gasteiger charge is 2.22. The van der Waals surface area contributed by atoms with Gasteiger partial charge >= 0.3 is 0 Å². The maximum atomic E-state index is 9.43. The van der Waals surface area contributed by atoms with Gasteiger partial charge in [0.05, 0.1) is 0 Å². The van der Waals surface area contributed by atoms with Gasteiger partial charge in [-0.25, -0.2) is 0 Å². The number of rotatable bonds is 5. The Morgan fingerprint density at radius 2 is 1.20 bits per heavy atom. The number of benzene rings is 2. The van der Waals surface area contributed by atoms with Crippen molar-refractivity contribution in [3.05, 3.63) is 59.7 Å². The number of phenols is 2. The number of hydrogen-bond donors (Lipinski definition) is 2. The molecule has 3 heteroatoms. The average Bonchev–Trinajstić information content (AvgIpc) is 2.47. The lowest BCUT2D eigenvalue weighted by Crippen LogP contribution is -2.12. The average molecular weight is 382 g/mol. The molecule has 0 spiro atoms. The first kappa shape index (κ1) is 15.2. The van der Waals surface area contributed by atoms with Gasteiger partial charge in [0, 0.05) is 4.43 Å². The van der Waals surface area contributed by atoms with Crippen molar-refractivity contribution >= 4 is 22.6 Å². The molecule has 106 valence electrons. The van der Waals surface area contributed by atoms with Crippen LogP contribution in [0.15, 0.2) is 48.5 Å². The van der Waals surface area contributed by atoms with E-state index < -0.39 is 0 Å². The van der Waals surface area contributed by atoms with Crippen LogP contribution in [0.2, 0.25) is 0 Å². The van der Waals surface area contributed by atoms with Gasteiger partial charge in [-0.1, -0.05) is 53.8 Å². The summed E-state index contributed by atoms with van der Waals surface area (Å²) in [4.78, 5) is 0. The Hall–Kier alpha value is -1.23. The lowest BCUT2D eigenvalue weighted by Gasteiger charge is -2.25. The predicted molar refractivity (Wildman–Crippen MR) is 90.9 cm³/mol. The van der Waals surface area contributed by atoms with Gasteiger partial charge in [-0.15, -0.1) is 0 Å². The largest absolute Gasteiger partial charge is 0.508 e. The molecule has 2 N–H and O–H groups in total. The number of halogens is 1. The highest BCUT2D eigenvalue weighted by atomic mass is 127. The summed E-state index contributed by atoms with van der Waals surface area (Å²) < 4.78 is 1.02. The monoisotopic (exact) mass is 382 g/mol. The van der Waals surface area contributed by atoms with Crippen LogP contribution in [-0.2, 0) is 0 Å². The van der Waals surface area contributed by atoms with Crippen LogP contribution in [0.1, 0.15) is 36.3 Å². The Bertz CT molecular complexity index is 482. The summed E-state index contributed by atoms with van der Waals surface area (Å²) in [6.45, 7) is 2.19. The molecule has 2 nitrogen and oxygen atoms in total. The summed E-state index contributed by atoms with van der Waals surface area (Å²) in [5.74, 6) is 1.43. The van der Waals surface area contributed by atoms with Crippen molar-refractivity contribution in [2.45, 2.75) is 25.2 Å². The molecule has 0 unspecified atom stereocenters. The molecule has 0 heterocycles. The molecular weight excluding hydrogens is 363 g/mol. The van der Waals surface area contributed by atoms with E-state index in [1.807, 2.05) is 24.3 Å². The zero-order chi connectivity index (χ0) is 14.5. The van der Waals surface area contributed by atoms with E-state index in [9.17, 15) is 10.2 Å². The molecular formula is C17H19IO2. The van der Waals surface area contributed by atoms with Crippen LogP contribution >= 0.6 is 22.6 Å². The summed E-state index contributed by atoms with van der Waals surface area (Å²) in [6.07, 6.45) is 1.04. The third kappa shape index (κ3) is 3.45. The third-order valence-electron chi connectivity index (χ3n) is 3.73. The molecule has 0 aliphatic rings. The van der Waals surface area contributed by atoms with E-state index in [2.05, 4.69) is 29.5 Å². The summed E-state index contributed by atoms with van der Waals surface area (Å²) >= 11 is 2.42. The van der Waals surface area contributed by atoms with Crippen LogP contribution in [0, 0.1) is 0 Å². The van der Waals surface area contributed by atoms with E-state index in [0.717, 1.165) is 10.8 Å². The fourth-order valence-electron chi connectivity index (χ4n) is 2.62. The molecule has 2 rings (SSSR count). The van der Waals surface area contributed by atoms with Gasteiger partial charge in [0.15, 0.2) is 0 Å². The Labute approximate surface area is 133 Å². The van der Waals surface area contributed by atoms with Crippen molar-refractivity contribution in [3.8, 4) is 11.5 Å². The topological polar surface area (TPSA) is 40.5 Å². The second-order valence-electron chi connectivity index (χ2n) is 4.96. The first-order chi connectivity index (χ1) is 9.65. The summed E-state index contributed by atoms with van der Waals surface area (Å²) in [6, 6.07) is 15.0. The highest BCUT2D eigenvalue weighted by Crippen LogP contribution is 2.37. The minimum absolute atomic E-state index is 0.304. The quantitative estimate of drug-likeness (QED) is 0.576. The van der Waals surface area contributed by atoms with Gasteiger partial charge < -0.3 is 10.2 Å². The zero-order valence-electron chi connectivity index (χ0n) is 11.5. The van der Waals surface area contributed by atoms with Crippen LogP contribution in [0.3, 0.4) is 0 Å². The summed E-state index contributed by atoms with van der Waals surface area (Å²) in [7, 11) is 0. The summed E-state index contributed by atoms with van der Waals surface area (Å²) in [5.41, 5.74) is 2.50. The van der Waals surface area contributed by atoms with Crippen molar-refractivity contribution in [1.82, 2.24) is 0 Å². The normalized spacial score (nSPS) is 13.9. The van der Waals surface area contributed by atoms with Gasteiger partial charge in [0.25, 0.3) is 0 Å². The van der Waals surface area contributed by atoms with E-state index >= 15 is 0 Å². The van der Waals surface area contributed by atoms with Crippen LogP contribution in [0.4, 0.5) is 0 Å². The Morgan fingerprint density at radius 3 is 1.55 bits per heavy atom. The first-order valence-electron chi connectivity index (χ1n) is 6.79. The Kier molecular flexibility index (Phi) is 5.29. The van der Waals surface area contributed by atoms with Gasteiger partial charge in [0.2, 0.25) is 0 Å². The zero-order valence-corrected chi connectivity index (χ0v) is 13.6. The molecule has 0 radical (unpaired) electrons. The maximum Gasteiger partial charge on any atom is 0.115 e. The Balaban J connectivity index is 2.32. The highest BCUT2D eigenvalue weighted by molar-refractivity contribution is 14.1. The molecule has 20 heavy (non-hydrogen) atoms. The van der Waals surface area contributed by atoms with Crippen molar-refractivity contribution in [1.29, 1.82) is 0 Å². The SMILES string of the molecule is CC[C@H](c1ccc(O)cc1)[C@@H](CI)c1ccc(O)cc1. The molecule has 0 saturated heterocycles. The van der Waals surface area contributed by atoms with Crippen LogP contribution in [0.5, 0.6) is 11.5 Å². The van der Waals surface area contributed by atoms with Crippen molar-refractivity contribution in [3.63, 3.8) is 0 Å². The standard InChI is InChI=1S/C17H19IO2/c1-2-16(12-3-7-14(19)8-4-12)17(11-18)13-5-9-15(20)10-6-13/h3-10,16-17,19-20H,2,11H2,1H3/t16-,17+/m1/s1. The second-order valence-corrected chi connectivity index (χ2v) is 5.84. The molecule has 0 fully saturated rings. The van der Waals surface area contributed by atoms with E-state index in [1.165, 1.54) is 11.1 Å². The van der Waals surface area contributed by atoms with E-state index in [-0.39, 0.29) is 0 Å². The maximum absolute atomic E-state index is 9.43. The van der Waals surface area contributed by atoms with Gasteiger partial charge in [-0.3, -0.25) is 0 Å². The molecule has 2 atom stereocenters. The third-order valence-corrected chi connectivity index (χ3v) is 4.68. The Morgan fingerprint density at radius 1 is 0.800 bits per heavy atom. The summed E-state index contributed by atoms with van der Waals surface area (Å²) in [5, 5.41) is 18.9.